The maximum absolute atomic E-state index is 12.7. The monoisotopic (exact) mass is 307 g/mol. The number of pyridine rings is 1. The standard InChI is InChI=1S/C17H13N3OS/c1-2-11-15(16-18-12-7-3-4-8-13(12)22-16)19-14-9-5-6-10-20(14)17(11)21/h3-10H,2H2,1H3. The summed E-state index contributed by atoms with van der Waals surface area (Å²) in [6, 6.07) is 13.5. The molecule has 0 aliphatic carbocycles. The van der Waals surface area contributed by atoms with Crippen LogP contribution in [0.5, 0.6) is 0 Å². The lowest BCUT2D eigenvalue weighted by molar-refractivity contribution is 0.971. The fourth-order valence-electron chi connectivity index (χ4n) is 2.59. The van der Waals surface area contributed by atoms with E-state index in [9.17, 15) is 4.79 Å². The smallest absolute Gasteiger partial charge is 0.261 e. The minimum Gasteiger partial charge on any atom is -0.269 e. The van der Waals surface area contributed by atoms with Gasteiger partial charge in [-0.2, -0.15) is 0 Å². The molecule has 22 heavy (non-hydrogen) atoms. The Balaban J connectivity index is 2.07. The lowest BCUT2D eigenvalue weighted by Crippen LogP contribution is -2.20. The van der Waals surface area contributed by atoms with Crippen LogP contribution >= 0.6 is 11.3 Å². The van der Waals surface area contributed by atoms with Crippen LogP contribution in [0.3, 0.4) is 0 Å². The van der Waals surface area contributed by atoms with Gasteiger partial charge in [-0.1, -0.05) is 25.1 Å². The Bertz CT molecular complexity index is 1020. The molecule has 0 spiro atoms. The molecule has 0 saturated heterocycles. The average Bonchev–Trinajstić information content (AvgIpc) is 2.98. The highest BCUT2D eigenvalue weighted by molar-refractivity contribution is 7.21. The number of hydrogen-bond donors (Lipinski definition) is 0. The van der Waals surface area contributed by atoms with Crippen molar-refractivity contribution in [3.8, 4) is 10.7 Å². The van der Waals surface area contributed by atoms with Crippen molar-refractivity contribution >= 4 is 27.2 Å². The van der Waals surface area contributed by atoms with Gasteiger partial charge in [0.05, 0.1) is 10.2 Å². The predicted molar refractivity (Wildman–Crippen MR) is 89.5 cm³/mol. The summed E-state index contributed by atoms with van der Waals surface area (Å²) in [5, 5.41) is 0.807. The Labute approximate surface area is 130 Å². The molecule has 5 heteroatoms. The van der Waals surface area contributed by atoms with Crippen molar-refractivity contribution in [2.75, 3.05) is 0 Å². The zero-order chi connectivity index (χ0) is 15.1. The van der Waals surface area contributed by atoms with Gasteiger partial charge in [0.1, 0.15) is 16.3 Å². The fourth-order valence-corrected chi connectivity index (χ4v) is 3.58. The lowest BCUT2D eigenvalue weighted by atomic mass is 10.2. The van der Waals surface area contributed by atoms with Gasteiger partial charge in [-0.05, 0) is 30.7 Å². The average molecular weight is 307 g/mol. The van der Waals surface area contributed by atoms with E-state index in [2.05, 4.69) is 9.97 Å². The van der Waals surface area contributed by atoms with Gasteiger partial charge in [-0.25, -0.2) is 9.97 Å². The molecular weight excluding hydrogens is 294 g/mol. The minimum atomic E-state index is -0.0117. The molecule has 1 aromatic carbocycles. The number of fused-ring (bicyclic) bond motifs is 2. The lowest BCUT2D eigenvalue weighted by Gasteiger charge is -2.07. The van der Waals surface area contributed by atoms with Crippen LogP contribution in [0.1, 0.15) is 12.5 Å². The van der Waals surface area contributed by atoms with Gasteiger partial charge in [-0.3, -0.25) is 9.20 Å². The molecule has 4 aromatic rings. The summed E-state index contributed by atoms with van der Waals surface area (Å²) < 4.78 is 2.70. The SMILES string of the molecule is CCc1c(-c2nc3ccccc3s2)nc2ccccn2c1=O. The van der Waals surface area contributed by atoms with E-state index in [-0.39, 0.29) is 5.56 Å². The highest BCUT2D eigenvalue weighted by Gasteiger charge is 2.16. The summed E-state index contributed by atoms with van der Waals surface area (Å²) >= 11 is 1.58. The molecule has 0 amide bonds. The normalized spacial score (nSPS) is 11.3. The maximum Gasteiger partial charge on any atom is 0.261 e. The Kier molecular flexibility index (Phi) is 3.01. The molecular formula is C17H13N3OS. The molecule has 4 rings (SSSR count). The molecule has 3 aromatic heterocycles. The predicted octanol–water partition coefficient (Wildman–Crippen LogP) is 3.53. The Morgan fingerprint density at radius 2 is 1.91 bits per heavy atom. The van der Waals surface area contributed by atoms with Crippen molar-refractivity contribution in [2.24, 2.45) is 0 Å². The van der Waals surface area contributed by atoms with E-state index in [1.165, 1.54) is 0 Å². The first-order valence-electron chi connectivity index (χ1n) is 7.14. The van der Waals surface area contributed by atoms with Crippen molar-refractivity contribution in [3.63, 3.8) is 0 Å². The molecule has 0 aliphatic heterocycles. The Morgan fingerprint density at radius 3 is 2.73 bits per heavy atom. The van der Waals surface area contributed by atoms with E-state index in [1.807, 2.05) is 49.4 Å². The van der Waals surface area contributed by atoms with Crippen LogP contribution in [-0.2, 0) is 6.42 Å². The van der Waals surface area contributed by atoms with Gasteiger partial charge in [0.15, 0.2) is 0 Å². The van der Waals surface area contributed by atoms with Crippen LogP contribution in [0.4, 0.5) is 0 Å². The molecule has 0 unspecified atom stereocenters. The number of thiazole rings is 1. The van der Waals surface area contributed by atoms with Gasteiger partial charge in [0.25, 0.3) is 5.56 Å². The third-order valence-electron chi connectivity index (χ3n) is 3.68. The van der Waals surface area contributed by atoms with Crippen LogP contribution in [0.25, 0.3) is 26.6 Å². The van der Waals surface area contributed by atoms with Crippen LogP contribution in [0, 0.1) is 0 Å². The van der Waals surface area contributed by atoms with Crippen molar-refractivity contribution in [1.29, 1.82) is 0 Å². The number of aromatic nitrogens is 3. The second kappa shape index (κ2) is 5.03. The van der Waals surface area contributed by atoms with Gasteiger partial charge >= 0.3 is 0 Å². The third kappa shape index (κ3) is 1.94. The number of hydrogen-bond acceptors (Lipinski definition) is 4. The molecule has 4 nitrogen and oxygen atoms in total. The Morgan fingerprint density at radius 1 is 1.09 bits per heavy atom. The summed E-state index contributed by atoms with van der Waals surface area (Å²) in [5.74, 6) is 0. The second-order valence-corrected chi connectivity index (χ2v) is 6.04. The first-order chi connectivity index (χ1) is 10.8. The first kappa shape index (κ1) is 13.2. The highest BCUT2D eigenvalue weighted by Crippen LogP contribution is 2.30. The molecule has 0 bridgehead atoms. The molecule has 0 saturated carbocycles. The summed E-state index contributed by atoms with van der Waals surface area (Å²) in [6.45, 7) is 1.98. The maximum atomic E-state index is 12.7. The van der Waals surface area contributed by atoms with Crippen molar-refractivity contribution in [3.05, 3.63) is 64.6 Å². The van der Waals surface area contributed by atoms with E-state index in [4.69, 9.17) is 0 Å². The van der Waals surface area contributed by atoms with E-state index in [1.54, 1.807) is 21.9 Å². The van der Waals surface area contributed by atoms with Crippen LogP contribution in [0.2, 0.25) is 0 Å². The molecule has 0 radical (unpaired) electrons. The van der Waals surface area contributed by atoms with Crippen molar-refractivity contribution < 1.29 is 0 Å². The van der Waals surface area contributed by atoms with Crippen LogP contribution < -0.4 is 5.56 Å². The van der Waals surface area contributed by atoms with Crippen molar-refractivity contribution in [1.82, 2.24) is 14.4 Å². The molecule has 3 heterocycles. The van der Waals surface area contributed by atoms with Gasteiger partial charge in [0.2, 0.25) is 0 Å². The van der Waals surface area contributed by atoms with E-state index in [0.717, 1.165) is 15.2 Å². The minimum absolute atomic E-state index is 0.0117. The van der Waals surface area contributed by atoms with Gasteiger partial charge in [-0.15, -0.1) is 11.3 Å². The molecule has 0 atom stereocenters. The third-order valence-corrected chi connectivity index (χ3v) is 4.72. The molecule has 108 valence electrons. The van der Waals surface area contributed by atoms with Gasteiger partial charge < -0.3 is 0 Å². The van der Waals surface area contributed by atoms with E-state index >= 15 is 0 Å². The number of rotatable bonds is 2. The Hall–Kier alpha value is -2.53. The van der Waals surface area contributed by atoms with Crippen LogP contribution in [0.15, 0.2) is 53.5 Å². The summed E-state index contributed by atoms with van der Waals surface area (Å²) in [7, 11) is 0. The largest absolute Gasteiger partial charge is 0.269 e. The van der Waals surface area contributed by atoms with E-state index in [0.29, 0.717) is 23.3 Å². The molecule has 0 N–H and O–H groups in total. The topological polar surface area (TPSA) is 47.3 Å². The molecule has 0 aliphatic rings. The van der Waals surface area contributed by atoms with Crippen LogP contribution in [-0.4, -0.2) is 14.4 Å². The quantitative estimate of drug-likeness (QED) is 0.569. The zero-order valence-electron chi connectivity index (χ0n) is 12.0. The number of para-hydroxylation sites is 1. The first-order valence-corrected chi connectivity index (χ1v) is 7.96. The fraction of sp³-hybridized carbons (Fsp3) is 0.118. The van der Waals surface area contributed by atoms with Gasteiger partial charge in [0, 0.05) is 11.8 Å². The zero-order valence-corrected chi connectivity index (χ0v) is 12.8. The van der Waals surface area contributed by atoms with Crippen molar-refractivity contribution in [2.45, 2.75) is 13.3 Å². The second-order valence-electron chi connectivity index (χ2n) is 5.01. The van der Waals surface area contributed by atoms with E-state index < -0.39 is 0 Å². The summed E-state index contributed by atoms with van der Waals surface area (Å²) in [4.78, 5) is 22.0. The summed E-state index contributed by atoms with van der Waals surface area (Å²) in [5.41, 5.74) is 3.00. The summed E-state index contributed by atoms with van der Waals surface area (Å²) in [6.07, 6.45) is 2.39. The highest BCUT2D eigenvalue weighted by atomic mass is 32.1. The number of benzene rings is 1. The molecule has 0 fully saturated rings. The number of nitrogens with zero attached hydrogens (tertiary/aromatic N) is 3.